The van der Waals surface area contributed by atoms with Gasteiger partial charge in [0.15, 0.2) is 0 Å². The molecular formula is C25H36N2O2. The molecule has 0 aromatic carbocycles. The molecule has 1 unspecified atom stereocenters. The number of hydrogen-bond acceptors (Lipinski definition) is 3. The monoisotopic (exact) mass is 396 g/mol. The average Bonchev–Trinajstić information content (AvgIpc) is 3.21. The number of likely N-dealkylation sites (tertiary alicyclic amines) is 1. The molecule has 1 atom stereocenters. The smallest absolute Gasteiger partial charge is 0.220 e. The summed E-state index contributed by atoms with van der Waals surface area (Å²) in [5.74, 6) is 2.03. The van der Waals surface area contributed by atoms with Crippen molar-refractivity contribution in [2.24, 2.45) is 5.92 Å². The maximum absolute atomic E-state index is 11.8. The SMILES string of the molecule is CCCC(=O)NC1CCC(CCN2CCCCC2c2coc3cccc-3c2)CC1. The number of piperidine rings is 1. The minimum atomic E-state index is 0.235. The van der Waals surface area contributed by atoms with Crippen LogP contribution in [-0.4, -0.2) is 29.9 Å². The molecule has 2 fully saturated rings. The fourth-order valence-corrected chi connectivity index (χ4v) is 5.27. The van der Waals surface area contributed by atoms with Crippen LogP contribution in [-0.2, 0) is 4.79 Å². The first-order valence-electron chi connectivity index (χ1n) is 11.7. The first kappa shape index (κ1) is 20.5. The average molecular weight is 397 g/mol. The highest BCUT2D eigenvalue weighted by Crippen LogP contribution is 2.36. The van der Waals surface area contributed by atoms with Crippen LogP contribution < -0.4 is 5.32 Å². The maximum atomic E-state index is 11.8. The van der Waals surface area contributed by atoms with Crippen LogP contribution in [0.3, 0.4) is 0 Å². The molecule has 4 aliphatic rings. The zero-order chi connectivity index (χ0) is 20.1. The molecule has 29 heavy (non-hydrogen) atoms. The molecule has 4 nitrogen and oxygen atoms in total. The summed E-state index contributed by atoms with van der Waals surface area (Å²) in [7, 11) is 0. The van der Waals surface area contributed by atoms with Crippen LogP contribution >= 0.6 is 0 Å². The van der Waals surface area contributed by atoms with Gasteiger partial charge in [0, 0.05) is 29.6 Å². The van der Waals surface area contributed by atoms with Crippen molar-refractivity contribution in [2.75, 3.05) is 13.1 Å². The molecule has 4 heteroatoms. The van der Waals surface area contributed by atoms with Gasteiger partial charge in [-0.15, -0.1) is 0 Å². The van der Waals surface area contributed by atoms with E-state index in [1.165, 1.54) is 62.7 Å². The highest BCUT2D eigenvalue weighted by atomic mass is 16.3. The normalized spacial score (nSPS) is 25.9. The number of nitrogens with one attached hydrogen (secondary N) is 1. The molecule has 1 amide bonds. The lowest BCUT2D eigenvalue weighted by Gasteiger charge is -2.37. The second kappa shape index (κ2) is 9.80. The molecule has 2 heterocycles. The summed E-state index contributed by atoms with van der Waals surface area (Å²) >= 11 is 0. The molecule has 0 spiro atoms. The predicted molar refractivity (Wildman–Crippen MR) is 117 cm³/mol. The third-order valence-electron chi connectivity index (χ3n) is 6.96. The number of amides is 1. The molecule has 1 saturated heterocycles. The molecule has 158 valence electrons. The topological polar surface area (TPSA) is 45.5 Å². The number of carbonyl (C=O) groups excluding carboxylic acids is 1. The van der Waals surface area contributed by atoms with Crippen molar-refractivity contribution < 1.29 is 9.21 Å². The Bertz CT molecular complexity index is 747. The third-order valence-corrected chi connectivity index (χ3v) is 6.96. The fraction of sp³-hybridized carbons (Fsp3) is 0.640. The highest BCUT2D eigenvalue weighted by molar-refractivity contribution is 5.76. The van der Waals surface area contributed by atoms with Crippen LogP contribution in [0.25, 0.3) is 11.3 Å². The number of hydrogen-bond donors (Lipinski definition) is 1. The summed E-state index contributed by atoms with van der Waals surface area (Å²) in [6, 6.07) is 9.48. The van der Waals surface area contributed by atoms with Crippen LogP contribution in [0.4, 0.5) is 0 Å². The summed E-state index contributed by atoms with van der Waals surface area (Å²) in [4.78, 5) is 14.5. The van der Waals surface area contributed by atoms with E-state index in [2.05, 4.69) is 35.3 Å². The Labute approximate surface area is 175 Å². The summed E-state index contributed by atoms with van der Waals surface area (Å²) in [5, 5.41) is 3.23. The standard InChI is InChI=1S/C25H36N2O2/c1-2-6-25(28)26-22-12-10-19(11-13-22)14-16-27-15-4-3-8-23(27)21-17-20-7-5-9-24(20)29-18-21/h5,7,9,17-19,22-23H,2-4,6,8,10-16H2,1H3,(H,26,28). The van der Waals surface area contributed by atoms with E-state index in [0.717, 1.165) is 30.9 Å². The van der Waals surface area contributed by atoms with E-state index in [9.17, 15) is 4.79 Å². The van der Waals surface area contributed by atoms with Gasteiger partial charge in [-0.1, -0.05) is 25.5 Å². The second-order valence-electron chi connectivity index (χ2n) is 9.10. The molecule has 1 N–H and O–H groups in total. The molecule has 0 bridgehead atoms. The third kappa shape index (κ3) is 5.22. The molecular weight excluding hydrogens is 360 g/mol. The number of rotatable bonds is 7. The first-order chi connectivity index (χ1) is 14.2. The molecule has 0 aromatic rings. The van der Waals surface area contributed by atoms with Crippen LogP contribution in [0.2, 0.25) is 0 Å². The first-order valence-corrected chi connectivity index (χ1v) is 11.7. The molecule has 4 rings (SSSR count). The number of fused-ring (bicyclic) bond motifs is 1. The van der Waals surface area contributed by atoms with Gasteiger partial charge < -0.3 is 9.73 Å². The van der Waals surface area contributed by atoms with Gasteiger partial charge in [-0.25, -0.2) is 0 Å². The predicted octanol–water partition coefficient (Wildman–Crippen LogP) is 5.78. The largest absolute Gasteiger partial charge is 0.464 e. The van der Waals surface area contributed by atoms with E-state index in [-0.39, 0.29) is 5.91 Å². The summed E-state index contributed by atoms with van der Waals surface area (Å²) in [6.07, 6.45) is 13.5. The Morgan fingerprint density at radius 1 is 1.17 bits per heavy atom. The van der Waals surface area contributed by atoms with E-state index in [4.69, 9.17) is 4.42 Å². The summed E-state index contributed by atoms with van der Waals surface area (Å²) in [6.45, 7) is 4.45. The molecule has 0 aromatic heterocycles. The van der Waals surface area contributed by atoms with Crippen LogP contribution in [0.5, 0.6) is 0 Å². The molecule has 2 aliphatic carbocycles. The Hall–Kier alpha value is -1.81. The Morgan fingerprint density at radius 2 is 2.03 bits per heavy atom. The molecule has 1 saturated carbocycles. The van der Waals surface area contributed by atoms with Crippen molar-refractivity contribution in [1.82, 2.24) is 10.2 Å². The van der Waals surface area contributed by atoms with E-state index < -0.39 is 0 Å². The lowest BCUT2D eigenvalue weighted by Crippen LogP contribution is -2.38. The van der Waals surface area contributed by atoms with Gasteiger partial charge >= 0.3 is 0 Å². The van der Waals surface area contributed by atoms with Gasteiger partial charge in [0.05, 0.1) is 6.26 Å². The van der Waals surface area contributed by atoms with Gasteiger partial charge in [0.25, 0.3) is 0 Å². The van der Waals surface area contributed by atoms with E-state index in [0.29, 0.717) is 18.5 Å². The number of nitrogens with zero attached hydrogens (tertiary/aromatic N) is 1. The van der Waals surface area contributed by atoms with Gasteiger partial charge in [-0.3, -0.25) is 9.69 Å². The van der Waals surface area contributed by atoms with E-state index in [1.807, 2.05) is 12.3 Å². The van der Waals surface area contributed by atoms with Crippen LogP contribution in [0.15, 0.2) is 34.9 Å². The van der Waals surface area contributed by atoms with Crippen molar-refractivity contribution >= 4 is 5.91 Å². The van der Waals surface area contributed by atoms with Crippen molar-refractivity contribution in [3.05, 3.63) is 36.1 Å². The van der Waals surface area contributed by atoms with Crippen molar-refractivity contribution in [3.63, 3.8) is 0 Å². The maximum Gasteiger partial charge on any atom is 0.220 e. The molecule has 0 radical (unpaired) electrons. The molecule has 2 aliphatic heterocycles. The highest BCUT2D eigenvalue weighted by Gasteiger charge is 2.27. The lowest BCUT2D eigenvalue weighted by atomic mass is 9.83. The minimum absolute atomic E-state index is 0.235. The van der Waals surface area contributed by atoms with E-state index in [1.54, 1.807) is 0 Å². The van der Waals surface area contributed by atoms with Crippen LogP contribution in [0, 0.1) is 5.92 Å². The van der Waals surface area contributed by atoms with Gasteiger partial charge in [-0.2, -0.15) is 0 Å². The Kier molecular flexibility index (Phi) is 6.91. The quantitative estimate of drug-likeness (QED) is 0.645. The lowest BCUT2D eigenvalue weighted by molar-refractivity contribution is -0.122. The van der Waals surface area contributed by atoms with Crippen molar-refractivity contribution in [1.29, 1.82) is 0 Å². The number of carbonyl (C=O) groups is 1. The zero-order valence-electron chi connectivity index (χ0n) is 17.9. The van der Waals surface area contributed by atoms with Gasteiger partial charge in [0.2, 0.25) is 5.91 Å². The fourth-order valence-electron chi connectivity index (χ4n) is 5.27. The Balaban J connectivity index is 1.28. The van der Waals surface area contributed by atoms with Gasteiger partial charge in [-0.05, 0) is 82.5 Å². The minimum Gasteiger partial charge on any atom is -0.464 e. The van der Waals surface area contributed by atoms with Crippen molar-refractivity contribution in [2.45, 2.75) is 83.2 Å². The summed E-state index contributed by atoms with van der Waals surface area (Å²) < 4.78 is 5.88. The van der Waals surface area contributed by atoms with Gasteiger partial charge in [0.1, 0.15) is 5.76 Å². The van der Waals surface area contributed by atoms with Crippen molar-refractivity contribution in [3.8, 4) is 11.3 Å². The van der Waals surface area contributed by atoms with Crippen LogP contribution in [0.1, 0.15) is 82.7 Å². The second-order valence-corrected chi connectivity index (χ2v) is 9.10. The van der Waals surface area contributed by atoms with E-state index >= 15 is 0 Å². The zero-order valence-corrected chi connectivity index (χ0v) is 17.9. The Morgan fingerprint density at radius 3 is 2.86 bits per heavy atom. The summed E-state index contributed by atoms with van der Waals surface area (Å²) in [5.41, 5.74) is 2.56.